The lowest BCUT2D eigenvalue weighted by molar-refractivity contribution is -0.383. The van der Waals surface area contributed by atoms with Gasteiger partial charge in [-0.15, -0.1) is 0 Å². The van der Waals surface area contributed by atoms with Crippen LogP contribution in [-0.2, 0) is 0 Å². The number of hydrogen-bond donors (Lipinski definition) is 2. The normalized spacial score (nSPS) is 9.80. The van der Waals surface area contributed by atoms with Crippen LogP contribution in [0, 0.1) is 21.4 Å². The van der Waals surface area contributed by atoms with Crippen LogP contribution in [0.3, 0.4) is 0 Å². The Kier molecular flexibility index (Phi) is 3.73. The predicted octanol–water partition coefficient (Wildman–Crippen LogP) is 3.57. The number of aromatic hydroxyl groups is 1. The van der Waals surface area contributed by atoms with E-state index in [1.807, 2.05) is 6.07 Å². The van der Waals surface area contributed by atoms with Gasteiger partial charge >= 0.3 is 0 Å². The topological polar surface area (TPSA) is 99.2 Å². The molecule has 0 radical (unpaired) electrons. The van der Waals surface area contributed by atoms with Crippen molar-refractivity contribution in [3.05, 3.63) is 57.1 Å². The van der Waals surface area contributed by atoms with E-state index in [1.165, 1.54) is 30.3 Å². The highest BCUT2D eigenvalue weighted by Gasteiger charge is 2.16. The molecule has 6 nitrogen and oxygen atoms in total. The number of nitro groups is 1. The van der Waals surface area contributed by atoms with Gasteiger partial charge in [-0.3, -0.25) is 10.1 Å². The molecular weight excluding hydrogens is 282 g/mol. The summed E-state index contributed by atoms with van der Waals surface area (Å²) in [5.74, 6) is -0.0898. The van der Waals surface area contributed by atoms with Gasteiger partial charge in [0.1, 0.15) is 11.4 Å². The fourth-order valence-electron chi connectivity index (χ4n) is 1.61. The number of halogens is 1. The van der Waals surface area contributed by atoms with Crippen molar-refractivity contribution in [1.82, 2.24) is 0 Å². The minimum atomic E-state index is -0.606. The van der Waals surface area contributed by atoms with E-state index in [1.54, 1.807) is 0 Å². The number of nitro benzene ring substituents is 1. The quantitative estimate of drug-likeness (QED) is 0.511. The van der Waals surface area contributed by atoms with Crippen molar-refractivity contribution in [2.45, 2.75) is 0 Å². The van der Waals surface area contributed by atoms with Gasteiger partial charge in [-0.25, -0.2) is 0 Å². The number of nitrogens with zero attached hydrogens (tertiary/aromatic N) is 2. The number of benzene rings is 2. The molecule has 0 aliphatic carbocycles. The van der Waals surface area contributed by atoms with Crippen molar-refractivity contribution in [2.75, 3.05) is 5.32 Å². The summed E-state index contributed by atoms with van der Waals surface area (Å²) in [6.45, 7) is 0. The van der Waals surface area contributed by atoms with E-state index < -0.39 is 4.92 Å². The number of phenols is 1. The van der Waals surface area contributed by atoms with E-state index in [-0.39, 0.29) is 28.4 Å². The molecule has 0 atom stereocenters. The number of anilines is 2. The fourth-order valence-corrected chi connectivity index (χ4v) is 1.78. The van der Waals surface area contributed by atoms with Crippen molar-refractivity contribution < 1.29 is 10.0 Å². The zero-order valence-corrected chi connectivity index (χ0v) is 10.8. The van der Waals surface area contributed by atoms with E-state index in [4.69, 9.17) is 16.9 Å². The molecule has 2 aromatic carbocycles. The molecule has 2 rings (SSSR count). The number of hydrogen-bond acceptors (Lipinski definition) is 5. The Morgan fingerprint density at radius 2 is 2.00 bits per heavy atom. The standard InChI is InChI=1S/C13H8ClN3O3/c14-9-2-4-13(18)11(6-9)16-10-3-1-8(7-15)5-12(10)17(19)20/h1-6,16,18H. The monoisotopic (exact) mass is 289 g/mol. The van der Waals surface area contributed by atoms with Crippen LogP contribution >= 0.6 is 11.6 Å². The van der Waals surface area contributed by atoms with Crippen molar-refractivity contribution in [3.63, 3.8) is 0 Å². The summed E-state index contributed by atoms with van der Waals surface area (Å²) in [5.41, 5.74) is 0.317. The summed E-state index contributed by atoms with van der Waals surface area (Å²) in [6.07, 6.45) is 0. The average molecular weight is 290 g/mol. The highest BCUT2D eigenvalue weighted by atomic mass is 35.5. The summed E-state index contributed by atoms with van der Waals surface area (Å²) in [4.78, 5) is 10.4. The van der Waals surface area contributed by atoms with E-state index in [2.05, 4.69) is 5.32 Å². The van der Waals surface area contributed by atoms with Gasteiger partial charge in [0.2, 0.25) is 0 Å². The molecule has 0 saturated carbocycles. The van der Waals surface area contributed by atoms with Crippen molar-refractivity contribution >= 4 is 28.7 Å². The third-order valence-corrected chi connectivity index (χ3v) is 2.79. The molecule has 20 heavy (non-hydrogen) atoms. The fraction of sp³-hybridized carbons (Fsp3) is 0. The lowest BCUT2D eigenvalue weighted by Gasteiger charge is -2.09. The molecule has 0 amide bonds. The van der Waals surface area contributed by atoms with Crippen LogP contribution in [0.2, 0.25) is 5.02 Å². The molecule has 0 bridgehead atoms. The highest BCUT2D eigenvalue weighted by molar-refractivity contribution is 6.31. The Morgan fingerprint density at radius 3 is 2.65 bits per heavy atom. The van der Waals surface area contributed by atoms with E-state index in [0.717, 1.165) is 6.07 Å². The molecule has 0 heterocycles. The molecule has 2 N–H and O–H groups in total. The first-order valence-electron chi connectivity index (χ1n) is 5.45. The van der Waals surface area contributed by atoms with Gasteiger partial charge in [-0.2, -0.15) is 5.26 Å². The number of phenolic OH excluding ortho intramolecular Hbond substituents is 1. The van der Waals surface area contributed by atoms with E-state index in [9.17, 15) is 15.2 Å². The van der Waals surface area contributed by atoms with Crippen molar-refractivity contribution in [2.24, 2.45) is 0 Å². The van der Waals surface area contributed by atoms with Crippen LogP contribution in [0.25, 0.3) is 0 Å². The zero-order valence-electron chi connectivity index (χ0n) is 10.0. The van der Waals surface area contributed by atoms with Gasteiger partial charge in [-0.05, 0) is 30.3 Å². The van der Waals surface area contributed by atoms with Crippen molar-refractivity contribution in [1.29, 1.82) is 5.26 Å². The largest absolute Gasteiger partial charge is 0.506 e. The highest BCUT2D eigenvalue weighted by Crippen LogP contribution is 2.33. The smallest absolute Gasteiger partial charge is 0.293 e. The van der Waals surface area contributed by atoms with Gasteiger partial charge in [-0.1, -0.05) is 11.6 Å². The Bertz CT molecular complexity index is 725. The van der Waals surface area contributed by atoms with Crippen molar-refractivity contribution in [3.8, 4) is 11.8 Å². The van der Waals surface area contributed by atoms with Crippen LogP contribution < -0.4 is 5.32 Å². The van der Waals surface area contributed by atoms with Crippen LogP contribution in [0.1, 0.15) is 5.56 Å². The van der Waals surface area contributed by atoms with E-state index in [0.29, 0.717) is 5.02 Å². The van der Waals surface area contributed by atoms with Gasteiger partial charge in [0.25, 0.3) is 5.69 Å². The summed E-state index contributed by atoms with van der Waals surface area (Å²) in [6, 6.07) is 10.1. The van der Waals surface area contributed by atoms with Crippen LogP contribution in [-0.4, -0.2) is 10.0 Å². The third kappa shape index (κ3) is 2.79. The summed E-state index contributed by atoms with van der Waals surface area (Å²) < 4.78 is 0. The molecule has 0 aliphatic rings. The molecule has 0 unspecified atom stereocenters. The zero-order chi connectivity index (χ0) is 14.7. The Balaban J connectivity index is 2.46. The molecule has 2 aromatic rings. The number of nitriles is 1. The Labute approximate surface area is 119 Å². The average Bonchev–Trinajstić information content (AvgIpc) is 2.43. The first-order valence-corrected chi connectivity index (χ1v) is 5.83. The van der Waals surface area contributed by atoms with Gasteiger partial charge in [0, 0.05) is 11.1 Å². The Morgan fingerprint density at radius 1 is 1.25 bits per heavy atom. The molecule has 0 aromatic heterocycles. The summed E-state index contributed by atoms with van der Waals surface area (Å²) in [7, 11) is 0. The molecule has 0 spiro atoms. The first-order chi connectivity index (χ1) is 9.51. The summed E-state index contributed by atoms with van der Waals surface area (Å²) >= 11 is 5.81. The first kappa shape index (κ1) is 13.6. The second-order valence-electron chi connectivity index (χ2n) is 3.89. The minimum absolute atomic E-state index is 0.0898. The van der Waals surface area contributed by atoms with Crippen LogP contribution in [0.5, 0.6) is 5.75 Å². The lowest BCUT2D eigenvalue weighted by Crippen LogP contribution is -1.98. The third-order valence-electron chi connectivity index (χ3n) is 2.55. The number of rotatable bonds is 3. The van der Waals surface area contributed by atoms with Crippen LogP contribution in [0.4, 0.5) is 17.1 Å². The summed E-state index contributed by atoms with van der Waals surface area (Å²) in [5, 5.41) is 32.5. The van der Waals surface area contributed by atoms with Gasteiger partial charge in [0.15, 0.2) is 0 Å². The molecule has 0 saturated heterocycles. The van der Waals surface area contributed by atoms with Gasteiger partial charge < -0.3 is 10.4 Å². The predicted molar refractivity (Wildman–Crippen MR) is 74.2 cm³/mol. The van der Waals surface area contributed by atoms with Crippen LogP contribution in [0.15, 0.2) is 36.4 Å². The number of nitrogens with one attached hydrogen (secondary N) is 1. The minimum Gasteiger partial charge on any atom is -0.506 e. The maximum Gasteiger partial charge on any atom is 0.293 e. The Hall–Kier alpha value is -2.78. The molecular formula is C13H8ClN3O3. The second-order valence-corrected chi connectivity index (χ2v) is 4.32. The maximum atomic E-state index is 11.0. The molecule has 0 aliphatic heterocycles. The maximum absolute atomic E-state index is 11.0. The van der Waals surface area contributed by atoms with E-state index >= 15 is 0 Å². The lowest BCUT2D eigenvalue weighted by atomic mass is 10.1. The molecule has 0 fully saturated rings. The molecule has 100 valence electrons. The molecule has 7 heteroatoms. The van der Waals surface area contributed by atoms with Gasteiger partial charge in [0.05, 0.1) is 22.2 Å². The second kappa shape index (κ2) is 5.47. The SMILES string of the molecule is N#Cc1ccc(Nc2cc(Cl)ccc2O)c([N+](=O)[O-])c1.